The molecule has 1 aliphatic heterocycles. The molecule has 0 unspecified atom stereocenters. The van der Waals surface area contributed by atoms with Gasteiger partial charge in [-0.25, -0.2) is 0 Å². The molecule has 158 valence electrons. The second kappa shape index (κ2) is 7.38. The summed E-state index contributed by atoms with van der Waals surface area (Å²) in [5, 5.41) is 12.7. The molecule has 30 heavy (non-hydrogen) atoms. The predicted molar refractivity (Wildman–Crippen MR) is 117 cm³/mol. The second-order valence-electron chi connectivity index (χ2n) is 9.16. The van der Waals surface area contributed by atoms with Crippen molar-refractivity contribution in [2.45, 2.75) is 27.7 Å². The van der Waals surface area contributed by atoms with Crippen molar-refractivity contribution in [3.05, 3.63) is 52.4 Å². The van der Waals surface area contributed by atoms with Crippen LogP contribution in [0, 0.1) is 27.4 Å². The Balaban J connectivity index is 1.50. The molecular weight excluding hydrogens is 380 g/mol. The third-order valence-electron chi connectivity index (χ3n) is 6.59. The topological polar surface area (TPSA) is 79.6 Å². The Kier molecular flexibility index (Phi) is 5.00. The summed E-state index contributed by atoms with van der Waals surface area (Å²) in [7, 11) is 0. The van der Waals surface area contributed by atoms with Gasteiger partial charge in [-0.3, -0.25) is 19.9 Å². The monoisotopic (exact) mass is 408 g/mol. The number of nitro benzene ring substituents is 1. The maximum atomic E-state index is 13.1. The number of nitrogens with zero attached hydrogens (tertiary/aromatic N) is 4. The Hall–Kier alpha value is -2.96. The van der Waals surface area contributed by atoms with Gasteiger partial charge in [0.2, 0.25) is 5.91 Å². The first kappa shape index (κ1) is 20.3. The largest absolute Gasteiger partial charge is 0.367 e. The molecule has 0 N–H and O–H groups in total. The van der Waals surface area contributed by atoms with Crippen LogP contribution in [-0.2, 0) is 4.79 Å². The van der Waals surface area contributed by atoms with Gasteiger partial charge in [0.25, 0.3) is 5.69 Å². The molecule has 7 heteroatoms. The molecule has 7 nitrogen and oxygen atoms in total. The maximum Gasteiger partial charge on any atom is 0.278 e. The Morgan fingerprint density at radius 3 is 2.50 bits per heavy atom. The highest BCUT2D eigenvalue weighted by molar-refractivity contribution is 5.99. The number of pyridine rings is 1. The molecule has 4 rings (SSSR count). The lowest BCUT2D eigenvalue weighted by atomic mass is 10.1. The number of anilines is 1. The van der Waals surface area contributed by atoms with E-state index in [1.165, 1.54) is 5.57 Å². The molecule has 2 atom stereocenters. The van der Waals surface area contributed by atoms with Crippen LogP contribution in [0.4, 0.5) is 11.4 Å². The number of hydrogen-bond acceptors (Lipinski definition) is 5. The smallest absolute Gasteiger partial charge is 0.278 e. The molecule has 0 radical (unpaired) electrons. The molecule has 2 aliphatic rings. The van der Waals surface area contributed by atoms with E-state index in [1.807, 2.05) is 17.0 Å². The van der Waals surface area contributed by atoms with Gasteiger partial charge >= 0.3 is 0 Å². The first-order chi connectivity index (χ1) is 14.2. The van der Waals surface area contributed by atoms with Gasteiger partial charge in [-0.05, 0) is 37.3 Å². The Morgan fingerprint density at radius 2 is 1.87 bits per heavy atom. The quantitative estimate of drug-likeness (QED) is 0.433. The van der Waals surface area contributed by atoms with E-state index in [4.69, 9.17) is 0 Å². The number of non-ortho nitro benzene ring substituents is 1. The summed E-state index contributed by atoms with van der Waals surface area (Å²) < 4.78 is 0. The summed E-state index contributed by atoms with van der Waals surface area (Å²) >= 11 is 0. The van der Waals surface area contributed by atoms with E-state index in [0.717, 1.165) is 11.1 Å². The number of rotatable bonds is 4. The molecule has 2 aromatic rings. The molecule has 2 heterocycles. The summed E-state index contributed by atoms with van der Waals surface area (Å²) in [6.07, 6.45) is 5.44. The second-order valence-corrected chi connectivity index (χ2v) is 9.16. The average molecular weight is 409 g/mol. The fraction of sp³-hybridized carbons (Fsp3) is 0.478. The fourth-order valence-electron chi connectivity index (χ4n) is 4.78. The zero-order valence-electron chi connectivity index (χ0n) is 18.0. The van der Waals surface area contributed by atoms with Gasteiger partial charge in [-0.2, -0.15) is 0 Å². The Labute approximate surface area is 176 Å². The first-order valence-electron chi connectivity index (χ1n) is 10.4. The number of piperazine rings is 1. The van der Waals surface area contributed by atoms with Gasteiger partial charge in [-0.15, -0.1) is 0 Å². The molecule has 0 bridgehead atoms. The third kappa shape index (κ3) is 3.42. The Bertz CT molecular complexity index is 1030. The summed E-state index contributed by atoms with van der Waals surface area (Å²) in [6.45, 7) is 11.3. The highest BCUT2D eigenvalue weighted by Crippen LogP contribution is 2.60. The van der Waals surface area contributed by atoms with Gasteiger partial charge in [0.15, 0.2) is 0 Å². The minimum Gasteiger partial charge on any atom is -0.367 e. The number of carbonyl (C=O) groups excluding carboxylic acids is 1. The van der Waals surface area contributed by atoms with Crippen molar-refractivity contribution < 1.29 is 9.72 Å². The van der Waals surface area contributed by atoms with E-state index in [2.05, 4.69) is 43.7 Å². The minimum absolute atomic E-state index is 0.0209. The normalized spacial score (nSPS) is 22.7. The SMILES string of the molecule is CC(C)=C[C@H]1[C@H](C(=O)N2CCN(c3ccc([N+](=O)[O-])c4cnccc34)CC2)C1(C)C. The minimum atomic E-state index is -0.370. The van der Waals surface area contributed by atoms with Crippen LogP contribution in [0.5, 0.6) is 0 Å². The fourth-order valence-corrected chi connectivity index (χ4v) is 4.78. The van der Waals surface area contributed by atoms with Crippen LogP contribution in [0.1, 0.15) is 27.7 Å². The number of benzene rings is 1. The van der Waals surface area contributed by atoms with E-state index < -0.39 is 0 Å². The lowest BCUT2D eigenvalue weighted by Gasteiger charge is -2.37. The van der Waals surface area contributed by atoms with E-state index in [1.54, 1.807) is 18.5 Å². The molecule has 1 saturated heterocycles. The van der Waals surface area contributed by atoms with Crippen molar-refractivity contribution in [2.24, 2.45) is 17.3 Å². The number of fused-ring (bicyclic) bond motifs is 1. The van der Waals surface area contributed by atoms with Gasteiger partial charge in [-0.1, -0.05) is 25.5 Å². The predicted octanol–water partition coefficient (Wildman–Crippen LogP) is 4.03. The van der Waals surface area contributed by atoms with Crippen molar-refractivity contribution in [2.75, 3.05) is 31.1 Å². The standard InChI is InChI=1S/C23H28N4O3/c1-15(2)13-18-21(23(18,3)4)22(28)26-11-9-25(10-12-26)19-5-6-20(27(29)30)17-14-24-8-7-16(17)19/h5-8,13-14,18,21H,9-12H2,1-4H3/t18-,21+/m0/s1. The zero-order valence-corrected chi connectivity index (χ0v) is 18.0. The summed E-state index contributed by atoms with van der Waals surface area (Å²) in [4.78, 5) is 32.4. The molecule has 2 fully saturated rings. The van der Waals surface area contributed by atoms with E-state index >= 15 is 0 Å². The first-order valence-corrected chi connectivity index (χ1v) is 10.4. The van der Waals surface area contributed by atoms with Gasteiger partial charge in [0.05, 0.1) is 16.2 Å². The maximum absolute atomic E-state index is 13.1. The summed E-state index contributed by atoms with van der Waals surface area (Å²) in [5.74, 6) is 0.629. The number of aromatic nitrogens is 1. The van der Waals surface area contributed by atoms with Crippen LogP contribution < -0.4 is 4.90 Å². The van der Waals surface area contributed by atoms with Crippen molar-refractivity contribution in [3.63, 3.8) is 0 Å². The summed E-state index contributed by atoms with van der Waals surface area (Å²) in [5.41, 5.74) is 2.30. The van der Waals surface area contributed by atoms with Crippen LogP contribution in [0.2, 0.25) is 0 Å². The number of carbonyl (C=O) groups is 1. The van der Waals surface area contributed by atoms with Crippen molar-refractivity contribution in [1.29, 1.82) is 0 Å². The van der Waals surface area contributed by atoms with Crippen LogP contribution in [0.3, 0.4) is 0 Å². The highest BCUT2D eigenvalue weighted by Gasteiger charge is 2.61. The molecule has 1 aromatic heterocycles. The lowest BCUT2D eigenvalue weighted by molar-refractivity contribution is -0.383. The number of hydrogen-bond donors (Lipinski definition) is 0. The lowest BCUT2D eigenvalue weighted by Crippen LogP contribution is -2.49. The van der Waals surface area contributed by atoms with Gasteiger partial charge in [0, 0.05) is 55.7 Å². The van der Waals surface area contributed by atoms with E-state index in [0.29, 0.717) is 37.5 Å². The number of allylic oxidation sites excluding steroid dienone is 2. The van der Waals surface area contributed by atoms with E-state index in [9.17, 15) is 14.9 Å². The van der Waals surface area contributed by atoms with Crippen LogP contribution in [0.15, 0.2) is 42.2 Å². The average Bonchev–Trinajstić information content (AvgIpc) is 3.25. The van der Waals surface area contributed by atoms with Crippen molar-refractivity contribution in [1.82, 2.24) is 9.88 Å². The van der Waals surface area contributed by atoms with E-state index in [-0.39, 0.29) is 27.9 Å². The Morgan fingerprint density at radius 1 is 1.17 bits per heavy atom. The van der Waals surface area contributed by atoms with Gasteiger partial charge < -0.3 is 9.80 Å². The van der Waals surface area contributed by atoms with Crippen LogP contribution in [0.25, 0.3) is 10.8 Å². The van der Waals surface area contributed by atoms with Crippen LogP contribution >= 0.6 is 0 Å². The molecular formula is C23H28N4O3. The third-order valence-corrected chi connectivity index (χ3v) is 6.59. The molecule has 1 aromatic carbocycles. The number of amides is 1. The molecule has 1 saturated carbocycles. The highest BCUT2D eigenvalue weighted by atomic mass is 16.6. The number of nitro groups is 1. The van der Waals surface area contributed by atoms with Crippen LogP contribution in [-0.4, -0.2) is 46.9 Å². The molecule has 0 spiro atoms. The summed E-state index contributed by atoms with van der Waals surface area (Å²) in [6, 6.07) is 5.19. The van der Waals surface area contributed by atoms with Gasteiger partial charge in [0.1, 0.15) is 0 Å². The molecule has 1 aliphatic carbocycles. The van der Waals surface area contributed by atoms with Crippen molar-refractivity contribution >= 4 is 28.1 Å². The molecule has 1 amide bonds. The zero-order chi connectivity index (χ0) is 21.6. The van der Waals surface area contributed by atoms with Crippen molar-refractivity contribution in [3.8, 4) is 0 Å².